The second-order valence-corrected chi connectivity index (χ2v) is 4.67. The molecule has 0 bridgehead atoms. The first kappa shape index (κ1) is 18.2. The van der Waals surface area contributed by atoms with E-state index in [-0.39, 0.29) is 0 Å². The van der Waals surface area contributed by atoms with Crippen LogP contribution in [-0.2, 0) is 14.2 Å². The van der Waals surface area contributed by atoms with Gasteiger partial charge in [-0.05, 0) is 6.42 Å². The van der Waals surface area contributed by atoms with Gasteiger partial charge in [0.15, 0.2) is 0 Å². The molecule has 0 N–H and O–H groups in total. The van der Waals surface area contributed by atoms with Crippen molar-refractivity contribution < 1.29 is 14.2 Å². The minimum Gasteiger partial charge on any atom is -0.379 e. The quantitative estimate of drug-likeness (QED) is 0.339. The second kappa shape index (κ2) is 17.2. The lowest BCUT2D eigenvalue weighted by Crippen LogP contribution is -2.10. The average Bonchev–Trinajstić information content (AvgIpc) is 2.39. The topological polar surface area (TPSA) is 27.7 Å². The second-order valence-electron chi connectivity index (χ2n) is 4.29. The highest BCUT2D eigenvalue weighted by atomic mass is 35.5. The van der Waals surface area contributed by atoms with Crippen molar-refractivity contribution in [1.29, 1.82) is 0 Å². The molecule has 0 saturated carbocycles. The summed E-state index contributed by atoms with van der Waals surface area (Å²) < 4.78 is 16.0. The highest BCUT2D eigenvalue weighted by Gasteiger charge is 1.92. The zero-order chi connectivity index (χ0) is 13.3. The molecule has 18 heavy (non-hydrogen) atoms. The standard InChI is InChI=1S/C14H29ClO3/c1-2-3-4-5-6-7-9-16-11-13-18-14-12-17-10-8-15/h2-14H2,1H3. The normalized spacial score (nSPS) is 11.0. The van der Waals surface area contributed by atoms with Gasteiger partial charge in [-0.15, -0.1) is 11.6 Å². The van der Waals surface area contributed by atoms with Gasteiger partial charge in [-0.2, -0.15) is 0 Å². The maximum absolute atomic E-state index is 5.48. The summed E-state index contributed by atoms with van der Waals surface area (Å²) in [7, 11) is 0. The summed E-state index contributed by atoms with van der Waals surface area (Å²) in [6.45, 7) is 6.27. The van der Waals surface area contributed by atoms with Crippen molar-refractivity contribution in [3.05, 3.63) is 0 Å². The predicted octanol–water partition coefficient (Wildman–Crippen LogP) is 3.64. The van der Waals surface area contributed by atoms with Crippen LogP contribution in [0.2, 0.25) is 0 Å². The highest BCUT2D eigenvalue weighted by Crippen LogP contribution is 2.04. The number of halogens is 1. The van der Waals surface area contributed by atoms with E-state index in [0.717, 1.165) is 6.61 Å². The molecule has 0 amide bonds. The van der Waals surface area contributed by atoms with E-state index in [1.54, 1.807) is 0 Å². The fourth-order valence-electron chi connectivity index (χ4n) is 1.58. The zero-order valence-corrected chi connectivity index (χ0v) is 12.6. The van der Waals surface area contributed by atoms with Crippen LogP contribution in [-0.4, -0.2) is 45.5 Å². The van der Waals surface area contributed by atoms with E-state index in [9.17, 15) is 0 Å². The molecule has 4 heteroatoms. The Hall–Kier alpha value is 0.170. The summed E-state index contributed by atoms with van der Waals surface area (Å²) in [6, 6.07) is 0. The lowest BCUT2D eigenvalue weighted by Gasteiger charge is -2.06. The van der Waals surface area contributed by atoms with E-state index in [0.29, 0.717) is 38.9 Å². The van der Waals surface area contributed by atoms with E-state index in [1.165, 1.54) is 38.5 Å². The van der Waals surface area contributed by atoms with Crippen LogP contribution in [0.15, 0.2) is 0 Å². The maximum Gasteiger partial charge on any atom is 0.0701 e. The number of ether oxygens (including phenoxy) is 3. The van der Waals surface area contributed by atoms with Crippen LogP contribution in [0.1, 0.15) is 45.4 Å². The van der Waals surface area contributed by atoms with Gasteiger partial charge in [0.25, 0.3) is 0 Å². The third-order valence-electron chi connectivity index (χ3n) is 2.61. The molecular formula is C14H29ClO3. The molecule has 3 nitrogen and oxygen atoms in total. The third-order valence-corrected chi connectivity index (χ3v) is 2.76. The van der Waals surface area contributed by atoms with Gasteiger partial charge in [0, 0.05) is 12.5 Å². The number of unbranched alkanes of at least 4 members (excludes halogenated alkanes) is 5. The Morgan fingerprint density at radius 1 is 0.611 bits per heavy atom. The van der Waals surface area contributed by atoms with Crippen molar-refractivity contribution in [3.8, 4) is 0 Å². The van der Waals surface area contributed by atoms with Gasteiger partial charge >= 0.3 is 0 Å². The Labute approximate surface area is 117 Å². The van der Waals surface area contributed by atoms with Crippen molar-refractivity contribution in [2.45, 2.75) is 45.4 Å². The van der Waals surface area contributed by atoms with Gasteiger partial charge in [-0.3, -0.25) is 0 Å². The van der Waals surface area contributed by atoms with Crippen LogP contribution in [0.4, 0.5) is 0 Å². The first-order valence-electron chi connectivity index (χ1n) is 7.21. The molecule has 0 spiro atoms. The smallest absolute Gasteiger partial charge is 0.0701 e. The lowest BCUT2D eigenvalue weighted by molar-refractivity contribution is 0.0165. The van der Waals surface area contributed by atoms with Gasteiger partial charge in [0.1, 0.15) is 0 Å². The molecule has 0 aliphatic heterocycles. The monoisotopic (exact) mass is 280 g/mol. The maximum atomic E-state index is 5.48. The van der Waals surface area contributed by atoms with Gasteiger partial charge in [-0.1, -0.05) is 39.0 Å². The molecule has 0 aromatic rings. The Balaban J connectivity index is 2.86. The summed E-state index contributed by atoms with van der Waals surface area (Å²) in [4.78, 5) is 0. The predicted molar refractivity (Wildman–Crippen MR) is 76.6 cm³/mol. The first-order chi connectivity index (χ1) is 8.91. The highest BCUT2D eigenvalue weighted by molar-refractivity contribution is 6.17. The van der Waals surface area contributed by atoms with Crippen molar-refractivity contribution in [3.63, 3.8) is 0 Å². The van der Waals surface area contributed by atoms with E-state index >= 15 is 0 Å². The molecule has 0 rings (SSSR count). The Morgan fingerprint density at radius 2 is 1.11 bits per heavy atom. The minimum atomic E-state index is 0.543. The van der Waals surface area contributed by atoms with Crippen molar-refractivity contribution in [2.24, 2.45) is 0 Å². The molecule has 0 saturated heterocycles. The van der Waals surface area contributed by atoms with Crippen LogP contribution in [0, 0.1) is 0 Å². The number of alkyl halides is 1. The molecular weight excluding hydrogens is 252 g/mol. The summed E-state index contributed by atoms with van der Waals surface area (Å²) in [6.07, 6.45) is 7.83. The summed E-state index contributed by atoms with van der Waals surface area (Å²) in [5.41, 5.74) is 0. The molecule has 0 aliphatic carbocycles. The van der Waals surface area contributed by atoms with Crippen LogP contribution >= 0.6 is 11.6 Å². The van der Waals surface area contributed by atoms with Crippen molar-refractivity contribution in [2.75, 3.05) is 45.5 Å². The van der Waals surface area contributed by atoms with E-state index < -0.39 is 0 Å². The number of rotatable bonds is 15. The molecule has 0 radical (unpaired) electrons. The van der Waals surface area contributed by atoms with Gasteiger partial charge in [0.2, 0.25) is 0 Å². The molecule has 0 unspecified atom stereocenters. The Morgan fingerprint density at radius 3 is 1.72 bits per heavy atom. The summed E-state index contributed by atoms with van der Waals surface area (Å²) in [5, 5.41) is 0. The Bertz CT molecular complexity index is 129. The third kappa shape index (κ3) is 16.2. The fraction of sp³-hybridized carbons (Fsp3) is 1.00. The largest absolute Gasteiger partial charge is 0.379 e. The SMILES string of the molecule is CCCCCCCCOCCOCCOCCCl. The molecule has 0 atom stereocenters. The van der Waals surface area contributed by atoms with Gasteiger partial charge < -0.3 is 14.2 Å². The minimum absolute atomic E-state index is 0.543. The zero-order valence-electron chi connectivity index (χ0n) is 11.8. The van der Waals surface area contributed by atoms with Crippen LogP contribution in [0.5, 0.6) is 0 Å². The van der Waals surface area contributed by atoms with E-state index in [1.807, 2.05) is 0 Å². The van der Waals surface area contributed by atoms with Crippen LogP contribution < -0.4 is 0 Å². The Kier molecular flexibility index (Phi) is 17.3. The first-order valence-corrected chi connectivity index (χ1v) is 7.74. The molecule has 0 aromatic heterocycles. The number of hydrogen-bond donors (Lipinski definition) is 0. The van der Waals surface area contributed by atoms with Crippen molar-refractivity contribution >= 4 is 11.6 Å². The molecule has 0 fully saturated rings. The summed E-state index contributed by atoms with van der Waals surface area (Å²) in [5.74, 6) is 0.543. The number of hydrogen-bond acceptors (Lipinski definition) is 3. The fourth-order valence-corrected chi connectivity index (χ4v) is 1.69. The lowest BCUT2D eigenvalue weighted by atomic mass is 10.1. The van der Waals surface area contributed by atoms with E-state index in [4.69, 9.17) is 25.8 Å². The van der Waals surface area contributed by atoms with E-state index in [2.05, 4.69) is 6.92 Å². The molecule has 0 heterocycles. The van der Waals surface area contributed by atoms with Gasteiger partial charge in [-0.25, -0.2) is 0 Å². The average molecular weight is 281 g/mol. The molecule has 0 aliphatic rings. The molecule has 0 aromatic carbocycles. The molecule has 110 valence electrons. The van der Waals surface area contributed by atoms with Crippen molar-refractivity contribution in [1.82, 2.24) is 0 Å². The van der Waals surface area contributed by atoms with Gasteiger partial charge in [0.05, 0.1) is 33.0 Å². The van der Waals surface area contributed by atoms with Crippen LogP contribution in [0.3, 0.4) is 0 Å². The summed E-state index contributed by atoms with van der Waals surface area (Å²) >= 11 is 5.47. The van der Waals surface area contributed by atoms with Crippen LogP contribution in [0.25, 0.3) is 0 Å².